The standard InChI is InChI=1S/C20H17N7O/c1-13-6-5-9-26-12-14(23-17(13)26)10-21-20-24-18-16(19(28)25-20)11-22-27(18)15-7-3-2-4-8-15/h2-9,11-12H,10H2,1H3,(H2,21,24,25,28). The summed E-state index contributed by atoms with van der Waals surface area (Å²) in [7, 11) is 0. The van der Waals surface area contributed by atoms with Gasteiger partial charge in [-0.1, -0.05) is 24.3 Å². The van der Waals surface area contributed by atoms with Gasteiger partial charge in [-0.3, -0.25) is 9.78 Å². The van der Waals surface area contributed by atoms with E-state index in [0.717, 1.165) is 22.6 Å². The summed E-state index contributed by atoms with van der Waals surface area (Å²) in [5.41, 5.74) is 3.99. The van der Waals surface area contributed by atoms with Crippen molar-refractivity contribution in [2.75, 3.05) is 5.32 Å². The monoisotopic (exact) mass is 371 g/mol. The van der Waals surface area contributed by atoms with Gasteiger partial charge >= 0.3 is 0 Å². The Morgan fingerprint density at radius 2 is 1.93 bits per heavy atom. The van der Waals surface area contributed by atoms with Crippen molar-refractivity contribution in [3.63, 3.8) is 0 Å². The summed E-state index contributed by atoms with van der Waals surface area (Å²) < 4.78 is 3.64. The van der Waals surface area contributed by atoms with Gasteiger partial charge in [0.2, 0.25) is 5.95 Å². The van der Waals surface area contributed by atoms with Crippen LogP contribution in [0.25, 0.3) is 22.4 Å². The van der Waals surface area contributed by atoms with Crippen LogP contribution in [0.3, 0.4) is 0 Å². The van der Waals surface area contributed by atoms with Crippen LogP contribution in [0, 0.1) is 6.92 Å². The van der Waals surface area contributed by atoms with Crippen LogP contribution < -0.4 is 10.9 Å². The van der Waals surface area contributed by atoms with Crippen LogP contribution in [-0.2, 0) is 6.54 Å². The van der Waals surface area contributed by atoms with Gasteiger partial charge < -0.3 is 9.72 Å². The minimum Gasteiger partial charge on any atom is -0.350 e. The summed E-state index contributed by atoms with van der Waals surface area (Å²) in [4.78, 5) is 24.4. The van der Waals surface area contributed by atoms with E-state index in [1.807, 2.05) is 66.2 Å². The van der Waals surface area contributed by atoms with Crippen molar-refractivity contribution in [2.24, 2.45) is 0 Å². The predicted molar refractivity (Wildman–Crippen MR) is 107 cm³/mol. The molecule has 4 aromatic heterocycles. The van der Waals surface area contributed by atoms with E-state index in [1.54, 1.807) is 4.68 Å². The molecule has 0 aliphatic carbocycles. The fourth-order valence-electron chi connectivity index (χ4n) is 3.22. The van der Waals surface area contributed by atoms with Crippen LogP contribution >= 0.6 is 0 Å². The van der Waals surface area contributed by atoms with Crippen LogP contribution in [0.1, 0.15) is 11.3 Å². The molecule has 0 aliphatic rings. The van der Waals surface area contributed by atoms with Crippen molar-refractivity contribution in [2.45, 2.75) is 13.5 Å². The first-order valence-corrected chi connectivity index (χ1v) is 8.89. The number of aryl methyl sites for hydroxylation is 1. The number of imidazole rings is 1. The molecular formula is C20H17N7O. The lowest BCUT2D eigenvalue weighted by molar-refractivity contribution is 0.893. The number of rotatable bonds is 4. The van der Waals surface area contributed by atoms with Gasteiger partial charge in [0.25, 0.3) is 5.56 Å². The van der Waals surface area contributed by atoms with E-state index in [1.165, 1.54) is 6.20 Å². The minimum atomic E-state index is -0.236. The lowest BCUT2D eigenvalue weighted by atomic mass is 10.3. The Morgan fingerprint density at radius 3 is 2.75 bits per heavy atom. The highest BCUT2D eigenvalue weighted by Crippen LogP contribution is 2.15. The molecule has 0 atom stereocenters. The maximum absolute atomic E-state index is 12.4. The normalized spacial score (nSPS) is 11.3. The summed E-state index contributed by atoms with van der Waals surface area (Å²) in [6, 6.07) is 13.6. The molecule has 5 rings (SSSR count). The molecule has 8 nitrogen and oxygen atoms in total. The van der Waals surface area contributed by atoms with Crippen LogP contribution in [0.15, 0.2) is 65.8 Å². The summed E-state index contributed by atoms with van der Waals surface area (Å²) in [6.07, 6.45) is 5.45. The SMILES string of the molecule is Cc1cccn2cc(CNc3nc4c(cnn4-c4ccccc4)c(=O)[nH]3)nc12. The summed E-state index contributed by atoms with van der Waals surface area (Å²) >= 11 is 0. The molecule has 0 aliphatic heterocycles. The fraction of sp³-hybridized carbons (Fsp3) is 0.100. The molecule has 8 heteroatoms. The Morgan fingerprint density at radius 1 is 1.07 bits per heavy atom. The largest absolute Gasteiger partial charge is 0.350 e. The van der Waals surface area contributed by atoms with Crippen LogP contribution in [0.5, 0.6) is 0 Å². The summed E-state index contributed by atoms with van der Waals surface area (Å²) in [6.45, 7) is 2.46. The van der Waals surface area contributed by atoms with Gasteiger partial charge in [-0.05, 0) is 30.7 Å². The van der Waals surface area contributed by atoms with E-state index >= 15 is 0 Å². The zero-order valence-corrected chi connectivity index (χ0v) is 15.1. The Balaban J connectivity index is 1.49. The second kappa shape index (κ2) is 6.34. The van der Waals surface area contributed by atoms with Crippen molar-refractivity contribution in [3.8, 4) is 5.69 Å². The predicted octanol–water partition coefficient (Wildman–Crippen LogP) is 2.68. The number of H-pyrrole nitrogens is 1. The number of pyridine rings is 1. The number of hydrogen-bond acceptors (Lipinski definition) is 5. The molecule has 0 bridgehead atoms. The molecule has 0 saturated carbocycles. The third kappa shape index (κ3) is 2.71. The van der Waals surface area contributed by atoms with Gasteiger partial charge in [-0.15, -0.1) is 0 Å². The number of fused-ring (bicyclic) bond motifs is 2. The molecule has 5 aromatic rings. The molecule has 4 heterocycles. The van der Waals surface area contributed by atoms with Crippen molar-refractivity contribution in [1.82, 2.24) is 29.1 Å². The third-order valence-electron chi connectivity index (χ3n) is 4.60. The topological polar surface area (TPSA) is 92.9 Å². The van der Waals surface area contributed by atoms with Crippen molar-refractivity contribution >= 4 is 22.6 Å². The fourth-order valence-corrected chi connectivity index (χ4v) is 3.22. The van der Waals surface area contributed by atoms with Crippen molar-refractivity contribution < 1.29 is 0 Å². The molecule has 0 radical (unpaired) electrons. The highest BCUT2D eigenvalue weighted by molar-refractivity contribution is 5.76. The zero-order chi connectivity index (χ0) is 19.1. The molecule has 0 amide bonds. The van der Waals surface area contributed by atoms with Gasteiger partial charge in [-0.25, -0.2) is 9.67 Å². The van der Waals surface area contributed by atoms with Gasteiger partial charge in [-0.2, -0.15) is 10.1 Å². The van der Waals surface area contributed by atoms with E-state index < -0.39 is 0 Å². The second-order valence-corrected chi connectivity index (χ2v) is 6.55. The van der Waals surface area contributed by atoms with E-state index in [9.17, 15) is 4.79 Å². The van der Waals surface area contributed by atoms with E-state index in [-0.39, 0.29) is 5.56 Å². The molecule has 138 valence electrons. The Kier molecular flexibility index (Phi) is 3.68. The molecule has 0 unspecified atom stereocenters. The molecule has 0 spiro atoms. The average Bonchev–Trinajstić information content (AvgIpc) is 3.32. The smallest absolute Gasteiger partial charge is 0.263 e. The Labute approximate surface area is 159 Å². The first-order chi connectivity index (χ1) is 13.7. The zero-order valence-electron chi connectivity index (χ0n) is 15.1. The van der Waals surface area contributed by atoms with Crippen LogP contribution in [-0.4, -0.2) is 29.1 Å². The number of nitrogens with one attached hydrogen (secondary N) is 2. The lowest BCUT2D eigenvalue weighted by Gasteiger charge is -2.05. The van der Waals surface area contributed by atoms with Gasteiger partial charge in [0.05, 0.1) is 24.1 Å². The minimum absolute atomic E-state index is 0.236. The highest BCUT2D eigenvalue weighted by Gasteiger charge is 2.12. The van der Waals surface area contributed by atoms with Crippen molar-refractivity contribution in [3.05, 3.63) is 82.7 Å². The van der Waals surface area contributed by atoms with Crippen LogP contribution in [0.4, 0.5) is 5.95 Å². The number of para-hydroxylation sites is 1. The molecule has 2 N–H and O–H groups in total. The number of aromatic nitrogens is 6. The van der Waals surface area contributed by atoms with Gasteiger partial charge in [0.1, 0.15) is 11.0 Å². The number of nitrogens with zero attached hydrogens (tertiary/aromatic N) is 5. The molecule has 0 fully saturated rings. The number of aromatic amines is 1. The van der Waals surface area contributed by atoms with Gasteiger partial charge in [0.15, 0.2) is 5.65 Å². The first-order valence-electron chi connectivity index (χ1n) is 8.89. The number of hydrogen-bond donors (Lipinski definition) is 2. The maximum atomic E-state index is 12.4. The van der Waals surface area contributed by atoms with E-state index in [4.69, 9.17) is 0 Å². The summed E-state index contributed by atoms with van der Waals surface area (Å²) in [5.74, 6) is 0.379. The Bertz CT molecular complexity index is 1350. The molecule has 1 aromatic carbocycles. The maximum Gasteiger partial charge on any atom is 0.263 e. The number of anilines is 1. The van der Waals surface area contributed by atoms with Gasteiger partial charge in [0, 0.05) is 12.4 Å². The molecular weight excluding hydrogens is 354 g/mol. The Hall–Kier alpha value is -3.94. The van der Waals surface area contributed by atoms with E-state index in [2.05, 4.69) is 25.4 Å². The van der Waals surface area contributed by atoms with E-state index in [0.29, 0.717) is 23.5 Å². The number of benzene rings is 1. The van der Waals surface area contributed by atoms with Crippen LogP contribution in [0.2, 0.25) is 0 Å². The lowest BCUT2D eigenvalue weighted by Crippen LogP contribution is -2.13. The quantitative estimate of drug-likeness (QED) is 0.507. The summed E-state index contributed by atoms with van der Waals surface area (Å²) in [5, 5.41) is 7.92. The van der Waals surface area contributed by atoms with Crippen molar-refractivity contribution in [1.29, 1.82) is 0 Å². The highest BCUT2D eigenvalue weighted by atomic mass is 16.1. The average molecular weight is 371 g/mol. The molecule has 28 heavy (non-hydrogen) atoms. The molecule has 0 saturated heterocycles. The second-order valence-electron chi connectivity index (χ2n) is 6.55. The third-order valence-corrected chi connectivity index (χ3v) is 4.60. The first kappa shape index (κ1) is 16.2.